The van der Waals surface area contributed by atoms with Crippen molar-refractivity contribution in [2.24, 2.45) is 5.10 Å². The number of halogens is 1. The Kier molecular flexibility index (Phi) is 5.34. The van der Waals surface area contributed by atoms with Gasteiger partial charge in [-0.05, 0) is 43.4 Å². The summed E-state index contributed by atoms with van der Waals surface area (Å²) in [6.07, 6.45) is 6.68. The molecule has 0 amide bonds. The van der Waals surface area contributed by atoms with E-state index in [2.05, 4.69) is 41.2 Å². The largest absolute Gasteiger partial charge is 0.356 e. The van der Waals surface area contributed by atoms with Gasteiger partial charge in [0.15, 0.2) is 5.82 Å². The molecule has 2 aliphatic rings. The fraction of sp³-hybridized carbons (Fsp3) is 0.421. The van der Waals surface area contributed by atoms with E-state index in [1.807, 2.05) is 30.3 Å². The Morgan fingerprint density at radius 3 is 2.27 bits per heavy atom. The standard InChI is InChI=1S/C19H23BrN6/c20-16-7-5-15(6-8-16)14-21-24-17-13-18(25-9-1-2-10-25)23-19(22-17)26-11-3-4-12-26/h5-8,13-14H,1-4,9-12H2,(H,22,23,24)/b21-14-. The van der Waals surface area contributed by atoms with Gasteiger partial charge in [0.05, 0.1) is 6.21 Å². The normalized spacial score (nSPS) is 17.4. The van der Waals surface area contributed by atoms with E-state index in [1.165, 1.54) is 25.7 Å². The fourth-order valence-electron chi connectivity index (χ4n) is 3.37. The molecule has 2 aromatic rings. The van der Waals surface area contributed by atoms with Gasteiger partial charge < -0.3 is 9.80 Å². The minimum absolute atomic E-state index is 0.747. The maximum absolute atomic E-state index is 4.82. The molecule has 3 heterocycles. The van der Waals surface area contributed by atoms with Crippen LogP contribution in [0.3, 0.4) is 0 Å². The summed E-state index contributed by atoms with van der Waals surface area (Å²) in [5.41, 5.74) is 4.13. The van der Waals surface area contributed by atoms with E-state index in [9.17, 15) is 0 Å². The molecule has 0 unspecified atom stereocenters. The molecule has 2 aliphatic heterocycles. The van der Waals surface area contributed by atoms with Crippen molar-refractivity contribution in [2.45, 2.75) is 25.7 Å². The number of hydrogen-bond acceptors (Lipinski definition) is 6. The van der Waals surface area contributed by atoms with Gasteiger partial charge in [0, 0.05) is 36.7 Å². The molecule has 0 saturated carbocycles. The van der Waals surface area contributed by atoms with Gasteiger partial charge in [-0.1, -0.05) is 28.1 Å². The molecule has 136 valence electrons. The summed E-state index contributed by atoms with van der Waals surface area (Å²) in [6.45, 7) is 4.20. The first-order chi connectivity index (χ1) is 12.8. The van der Waals surface area contributed by atoms with Crippen molar-refractivity contribution in [3.05, 3.63) is 40.4 Å². The molecule has 0 aliphatic carbocycles. The van der Waals surface area contributed by atoms with Crippen LogP contribution in [0.2, 0.25) is 0 Å². The molecule has 1 aromatic carbocycles. The first-order valence-electron chi connectivity index (χ1n) is 9.21. The minimum Gasteiger partial charge on any atom is -0.356 e. The van der Waals surface area contributed by atoms with Crippen LogP contribution in [0.1, 0.15) is 31.2 Å². The van der Waals surface area contributed by atoms with E-state index < -0.39 is 0 Å². The minimum atomic E-state index is 0.747. The smallest absolute Gasteiger partial charge is 0.229 e. The summed E-state index contributed by atoms with van der Waals surface area (Å²) in [6, 6.07) is 10.0. The molecule has 26 heavy (non-hydrogen) atoms. The van der Waals surface area contributed by atoms with Crippen LogP contribution in [0.5, 0.6) is 0 Å². The molecule has 2 fully saturated rings. The Balaban J connectivity index is 1.54. The Labute approximate surface area is 162 Å². The lowest BCUT2D eigenvalue weighted by Gasteiger charge is -2.21. The summed E-state index contributed by atoms with van der Waals surface area (Å²) in [4.78, 5) is 14.1. The summed E-state index contributed by atoms with van der Waals surface area (Å²) < 4.78 is 1.06. The van der Waals surface area contributed by atoms with Gasteiger partial charge in [0.2, 0.25) is 5.95 Å². The highest BCUT2D eigenvalue weighted by Crippen LogP contribution is 2.25. The summed E-state index contributed by atoms with van der Waals surface area (Å²) in [7, 11) is 0. The lowest BCUT2D eigenvalue weighted by molar-refractivity contribution is 0.871. The molecule has 0 spiro atoms. The van der Waals surface area contributed by atoms with Crippen molar-refractivity contribution in [2.75, 3.05) is 41.4 Å². The van der Waals surface area contributed by atoms with E-state index in [4.69, 9.17) is 4.98 Å². The van der Waals surface area contributed by atoms with Crippen molar-refractivity contribution in [3.8, 4) is 0 Å². The molecule has 0 radical (unpaired) electrons. The fourth-order valence-corrected chi connectivity index (χ4v) is 3.63. The second-order valence-electron chi connectivity index (χ2n) is 6.72. The van der Waals surface area contributed by atoms with Crippen molar-refractivity contribution < 1.29 is 0 Å². The van der Waals surface area contributed by atoms with Crippen molar-refractivity contribution in [1.82, 2.24) is 9.97 Å². The van der Waals surface area contributed by atoms with Gasteiger partial charge in [-0.2, -0.15) is 15.1 Å². The number of hydrazone groups is 1. The van der Waals surface area contributed by atoms with E-state index in [0.29, 0.717) is 0 Å². The third kappa shape index (κ3) is 4.15. The number of nitrogens with zero attached hydrogens (tertiary/aromatic N) is 5. The second kappa shape index (κ2) is 8.03. The predicted octanol–water partition coefficient (Wildman–Crippen LogP) is 3.89. The molecule has 0 atom stereocenters. The van der Waals surface area contributed by atoms with Crippen LogP contribution in [-0.2, 0) is 0 Å². The molecule has 2 saturated heterocycles. The molecule has 4 rings (SSSR count). The highest BCUT2D eigenvalue weighted by atomic mass is 79.9. The van der Waals surface area contributed by atoms with E-state index >= 15 is 0 Å². The Hall–Kier alpha value is -2.15. The third-order valence-electron chi connectivity index (χ3n) is 4.78. The number of hydrogen-bond donors (Lipinski definition) is 1. The third-order valence-corrected chi connectivity index (χ3v) is 5.31. The van der Waals surface area contributed by atoms with Crippen LogP contribution in [0.4, 0.5) is 17.6 Å². The zero-order valence-corrected chi connectivity index (χ0v) is 16.3. The Bertz CT molecular complexity index is 730. The van der Waals surface area contributed by atoms with E-state index in [-0.39, 0.29) is 0 Å². The number of aromatic nitrogens is 2. The van der Waals surface area contributed by atoms with Crippen LogP contribution in [0, 0.1) is 0 Å². The first kappa shape index (κ1) is 17.3. The van der Waals surface area contributed by atoms with Crippen LogP contribution < -0.4 is 15.2 Å². The van der Waals surface area contributed by atoms with Crippen molar-refractivity contribution in [1.29, 1.82) is 0 Å². The predicted molar refractivity (Wildman–Crippen MR) is 110 cm³/mol. The van der Waals surface area contributed by atoms with Crippen LogP contribution in [-0.4, -0.2) is 42.4 Å². The highest BCUT2D eigenvalue weighted by Gasteiger charge is 2.20. The zero-order valence-electron chi connectivity index (χ0n) is 14.7. The molecule has 1 aromatic heterocycles. The number of benzene rings is 1. The first-order valence-corrected chi connectivity index (χ1v) is 10.0. The van der Waals surface area contributed by atoms with Crippen molar-refractivity contribution in [3.63, 3.8) is 0 Å². The summed E-state index contributed by atoms with van der Waals surface area (Å²) >= 11 is 3.44. The number of nitrogens with one attached hydrogen (secondary N) is 1. The van der Waals surface area contributed by atoms with Gasteiger partial charge in [0.1, 0.15) is 5.82 Å². The summed E-state index contributed by atoms with van der Waals surface area (Å²) in [5, 5.41) is 4.36. The average molecular weight is 415 g/mol. The number of anilines is 3. The lowest BCUT2D eigenvalue weighted by Crippen LogP contribution is -2.24. The quantitative estimate of drug-likeness (QED) is 0.593. The molecule has 0 bridgehead atoms. The number of rotatable bonds is 5. The molecular weight excluding hydrogens is 392 g/mol. The van der Waals surface area contributed by atoms with Crippen LogP contribution >= 0.6 is 15.9 Å². The molecule has 1 N–H and O–H groups in total. The van der Waals surface area contributed by atoms with Crippen molar-refractivity contribution >= 4 is 39.7 Å². The van der Waals surface area contributed by atoms with Gasteiger partial charge in [0.25, 0.3) is 0 Å². The molecular formula is C19H23BrN6. The topological polar surface area (TPSA) is 56.7 Å². The summed E-state index contributed by atoms with van der Waals surface area (Å²) in [5.74, 6) is 2.56. The van der Waals surface area contributed by atoms with Gasteiger partial charge in [-0.3, -0.25) is 5.43 Å². The van der Waals surface area contributed by atoms with E-state index in [0.717, 1.165) is 53.8 Å². The monoisotopic (exact) mass is 414 g/mol. The SMILES string of the molecule is Brc1ccc(/C=N\Nc2cc(N3CCCC3)nc(N3CCCC3)n2)cc1. The van der Waals surface area contributed by atoms with Gasteiger partial charge in [-0.25, -0.2) is 0 Å². The average Bonchev–Trinajstić information content (AvgIpc) is 3.37. The van der Waals surface area contributed by atoms with Gasteiger partial charge in [-0.15, -0.1) is 0 Å². The van der Waals surface area contributed by atoms with Crippen LogP contribution in [0.15, 0.2) is 39.9 Å². The highest BCUT2D eigenvalue weighted by molar-refractivity contribution is 9.10. The zero-order chi connectivity index (χ0) is 17.8. The van der Waals surface area contributed by atoms with Crippen LogP contribution in [0.25, 0.3) is 0 Å². The van der Waals surface area contributed by atoms with E-state index in [1.54, 1.807) is 6.21 Å². The Morgan fingerprint density at radius 1 is 0.923 bits per heavy atom. The molecule has 6 nitrogen and oxygen atoms in total. The van der Waals surface area contributed by atoms with Gasteiger partial charge >= 0.3 is 0 Å². The lowest BCUT2D eigenvalue weighted by atomic mass is 10.2. The second-order valence-corrected chi connectivity index (χ2v) is 7.64. The maximum Gasteiger partial charge on any atom is 0.229 e. The Morgan fingerprint density at radius 2 is 1.58 bits per heavy atom. The molecule has 7 heteroatoms. The maximum atomic E-state index is 4.82.